The Bertz CT molecular complexity index is 342. The first kappa shape index (κ1) is 13.4. The van der Waals surface area contributed by atoms with E-state index in [-0.39, 0.29) is 11.9 Å². The maximum Gasteiger partial charge on any atom is 0.308 e. The molecule has 1 aliphatic heterocycles. The number of hydrogen-bond donors (Lipinski definition) is 0. The van der Waals surface area contributed by atoms with E-state index in [1.807, 2.05) is 0 Å². The molecule has 0 saturated carbocycles. The summed E-state index contributed by atoms with van der Waals surface area (Å²) in [6, 6.07) is 0. The van der Waals surface area contributed by atoms with Crippen LogP contribution in [0.15, 0.2) is 0 Å². The zero-order valence-electron chi connectivity index (χ0n) is 9.97. The fourth-order valence-electron chi connectivity index (χ4n) is 1.81. The van der Waals surface area contributed by atoms with Crippen LogP contribution < -0.4 is 0 Å². The molecule has 0 aromatic heterocycles. The predicted molar refractivity (Wildman–Crippen MR) is 60.4 cm³/mol. The van der Waals surface area contributed by atoms with Crippen LogP contribution >= 0.6 is 0 Å². The molecule has 1 heterocycles. The van der Waals surface area contributed by atoms with E-state index >= 15 is 0 Å². The molecule has 1 fully saturated rings. The number of carbonyl (C=O) groups is 1. The zero-order valence-corrected chi connectivity index (χ0v) is 10.8. The predicted octanol–water partition coefficient (Wildman–Crippen LogP) is 0.610. The van der Waals surface area contributed by atoms with Gasteiger partial charge in [-0.25, -0.2) is 12.7 Å². The van der Waals surface area contributed by atoms with E-state index in [1.165, 1.54) is 11.4 Å². The van der Waals surface area contributed by atoms with E-state index in [0.29, 0.717) is 25.9 Å². The summed E-state index contributed by atoms with van der Waals surface area (Å²) in [6.45, 7) is 4.17. The summed E-state index contributed by atoms with van der Waals surface area (Å²) in [7, 11) is -1.81. The largest absolute Gasteiger partial charge is 0.469 e. The van der Waals surface area contributed by atoms with Crippen LogP contribution in [0.2, 0.25) is 0 Å². The van der Waals surface area contributed by atoms with Gasteiger partial charge in [-0.2, -0.15) is 0 Å². The summed E-state index contributed by atoms with van der Waals surface area (Å²) in [5.74, 6) is -0.384. The maximum absolute atomic E-state index is 11.8. The van der Waals surface area contributed by atoms with Gasteiger partial charge in [0.1, 0.15) is 0 Å². The van der Waals surface area contributed by atoms with Gasteiger partial charge in [0.05, 0.1) is 18.3 Å². The third kappa shape index (κ3) is 2.74. The van der Waals surface area contributed by atoms with Crippen LogP contribution in [0, 0.1) is 5.92 Å². The fourth-order valence-corrected chi connectivity index (χ4v) is 3.13. The Morgan fingerprint density at radius 1 is 1.31 bits per heavy atom. The van der Waals surface area contributed by atoms with Gasteiger partial charge in [0.15, 0.2) is 0 Å². The van der Waals surface area contributed by atoms with Gasteiger partial charge in [0, 0.05) is 13.1 Å². The number of ether oxygens (including phenoxy) is 1. The molecule has 0 unspecified atom stereocenters. The van der Waals surface area contributed by atoms with Gasteiger partial charge in [-0.1, -0.05) is 0 Å². The molecule has 0 N–H and O–H groups in total. The molecule has 1 saturated heterocycles. The molecule has 1 aliphatic rings. The number of nitrogens with zero attached hydrogens (tertiary/aromatic N) is 1. The highest BCUT2D eigenvalue weighted by molar-refractivity contribution is 7.89. The second-order valence-electron chi connectivity index (χ2n) is 4.29. The van der Waals surface area contributed by atoms with Crippen LogP contribution in [-0.4, -0.2) is 44.1 Å². The topological polar surface area (TPSA) is 63.7 Å². The molecule has 6 heteroatoms. The average Bonchev–Trinajstić information content (AvgIpc) is 2.28. The number of rotatable bonds is 3. The molecule has 94 valence electrons. The molecule has 0 amide bonds. The van der Waals surface area contributed by atoms with Crippen LogP contribution in [0.25, 0.3) is 0 Å². The van der Waals surface area contributed by atoms with E-state index < -0.39 is 15.3 Å². The minimum absolute atomic E-state index is 0.149. The minimum atomic E-state index is -3.17. The van der Waals surface area contributed by atoms with Gasteiger partial charge in [-0.05, 0) is 26.7 Å². The Morgan fingerprint density at radius 2 is 1.81 bits per heavy atom. The Kier molecular flexibility index (Phi) is 4.32. The zero-order chi connectivity index (χ0) is 12.3. The lowest BCUT2D eigenvalue weighted by Crippen LogP contribution is -2.43. The van der Waals surface area contributed by atoms with Crippen molar-refractivity contribution in [2.75, 3.05) is 20.2 Å². The summed E-state index contributed by atoms with van der Waals surface area (Å²) < 4.78 is 29.8. The van der Waals surface area contributed by atoms with Gasteiger partial charge >= 0.3 is 5.97 Å². The first-order valence-corrected chi connectivity index (χ1v) is 6.96. The highest BCUT2D eigenvalue weighted by Gasteiger charge is 2.32. The van der Waals surface area contributed by atoms with E-state index in [0.717, 1.165) is 0 Å². The molecule has 0 bridgehead atoms. The number of hydrogen-bond acceptors (Lipinski definition) is 4. The van der Waals surface area contributed by atoms with Crippen molar-refractivity contribution in [2.24, 2.45) is 5.92 Å². The van der Waals surface area contributed by atoms with E-state index in [1.54, 1.807) is 13.8 Å². The van der Waals surface area contributed by atoms with Crippen molar-refractivity contribution in [3.63, 3.8) is 0 Å². The second kappa shape index (κ2) is 5.14. The third-order valence-corrected chi connectivity index (χ3v) is 5.22. The summed E-state index contributed by atoms with van der Waals surface area (Å²) in [4.78, 5) is 11.3. The Labute approximate surface area is 96.8 Å². The molecule has 0 aliphatic carbocycles. The van der Waals surface area contributed by atoms with Crippen LogP contribution in [0.1, 0.15) is 26.7 Å². The summed E-state index contributed by atoms with van der Waals surface area (Å²) >= 11 is 0. The smallest absolute Gasteiger partial charge is 0.308 e. The van der Waals surface area contributed by atoms with Crippen LogP contribution in [0.5, 0.6) is 0 Å². The fraction of sp³-hybridized carbons (Fsp3) is 0.900. The molecule has 1 rings (SSSR count). The lowest BCUT2D eigenvalue weighted by molar-refractivity contribution is -0.146. The molecule has 0 spiro atoms. The van der Waals surface area contributed by atoms with Gasteiger partial charge < -0.3 is 4.74 Å². The maximum atomic E-state index is 11.8. The summed E-state index contributed by atoms with van der Waals surface area (Å²) in [5.41, 5.74) is 0. The normalized spacial score (nSPS) is 20.0. The lowest BCUT2D eigenvalue weighted by Gasteiger charge is -2.31. The van der Waals surface area contributed by atoms with Crippen molar-refractivity contribution < 1.29 is 17.9 Å². The van der Waals surface area contributed by atoms with Crippen molar-refractivity contribution in [1.82, 2.24) is 4.31 Å². The van der Waals surface area contributed by atoms with Gasteiger partial charge in [0.25, 0.3) is 0 Å². The van der Waals surface area contributed by atoms with Crippen LogP contribution in [-0.2, 0) is 19.6 Å². The molecule has 0 aromatic rings. The first-order chi connectivity index (χ1) is 7.39. The Balaban J connectivity index is 2.59. The van der Waals surface area contributed by atoms with Crippen LogP contribution in [0.4, 0.5) is 0 Å². The number of sulfonamides is 1. The molecule has 5 nitrogen and oxygen atoms in total. The number of esters is 1. The highest BCUT2D eigenvalue weighted by atomic mass is 32.2. The second-order valence-corrected chi connectivity index (χ2v) is 6.78. The minimum Gasteiger partial charge on any atom is -0.469 e. The average molecular weight is 249 g/mol. The molecular formula is C10H19NO4S. The summed E-state index contributed by atoms with van der Waals surface area (Å²) in [5, 5.41) is -0.401. The van der Waals surface area contributed by atoms with Crippen molar-refractivity contribution >= 4 is 16.0 Å². The van der Waals surface area contributed by atoms with Crippen molar-refractivity contribution in [3.8, 4) is 0 Å². The molecular weight excluding hydrogens is 230 g/mol. The molecule has 0 aromatic carbocycles. The van der Waals surface area contributed by atoms with E-state index in [2.05, 4.69) is 4.74 Å². The standard InChI is InChI=1S/C10H19NO4S/c1-8(2)16(13,14)11-6-4-9(5-7-11)10(12)15-3/h8-9H,4-7H2,1-3H3. The SMILES string of the molecule is COC(=O)C1CCN(S(=O)(=O)C(C)C)CC1. The van der Waals surface area contributed by atoms with Gasteiger partial charge in [0.2, 0.25) is 10.0 Å². The number of carbonyl (C=O) groups excluding carboxylic acids is 1. The number of piperidine rings is 1. The quantitative estimate of drug-likeness (QED) is 0.687. The van der Waals surface area contributed by atoms with E-state index in [4.69, 9.17) is 0 Å². The van der Waals surface area contributed by atoms with Crippen molar-refractivity contribution in [2.45, 2.75) is 31.9 Å². The molecule has 16 heavy (non-hydrogen) atoms. The first-order valence-electron chi connectivity index (χ1n) is 5.46. The Morgan fingerprint density at radius 3 is 2.19 bits per heavy atom. The van der Waals surface area contributed by atoms with Gasteiger partial charge in [-0.15, -0.1) is 0 Å². The van der Waals surface area contributed by atoms with E-state index in [9.17, 15) is 13.2 Å². The van der Waals surface area contributed by atoms with Crippen LogP contribution in [0.3, 0.4) is 0 Å². The highest BCUT2D eigenvalue weighted by Crippen LogP contribution is 2.22. The van der Waals surface area contributed by atoms with Crippen molar-refractivity contribution in [3.05, 3.63) is 0 Å². The summed E-state index contributed by atoms with van der Waals surface area (Å²) in [6.07, 6.45) is 1.11. The Hall–Kier alpha value is -0.620. The van der Waals surface area contributed by atoms with Crippen molar-refractivity contribution in [1.29, 1.82) is 0 Å². The molecule has 0 radical (unpaired) electrons. The third-order valence-electron chi connectivity index (χ3n) is 2.94. The number of methoxy groups -OCH3 is 1. The van der Waals surface area contributed by atoms with Gasteiger partial charge in [-0.3, -0.25) is 4.79 Å². The molecule has 0 atom stereocenters. The lowest BCUT2D eigenvalue weighted by atomic mass is 9.99. The monoisotopic (exact) mass is 249 g/mol.